The van der Waals surface area contributed by atoms with E-state index in [1.165, 1.54) is 39.3 Å². The first-order chi connectivity index (χ1) is 16.8. The minimum Gasteiger partial charge on any atom is -0.352 e. The van der Waals surface area contributed by atoms with E-state index >= 15 is 0 Å². The van der Waals surface area contributed by atoms with Crippen molar-refractivity contribution in [2.75, 3.05) is 0 Å². The average Bonchev–Trinajstić information content (AvgIpc) is 3.30. The molecule has 1 aliphatic rings. The van der Waals surface area contributed by atoms with Gasteiger partial charge in [-0.2, -0.15) is 0 Å². The predicted octanol–water partition coefficient (Wildman–Crippen LogP) is 5.98. The lowest BCUT2D eigenvalue weighted by Crippen LogP contribution is -2.29. The molecular formula is C29H31N5S. The van der Waals surface area contributed by atoms with Gasteiger partial charge in [0.2, 0.25) is 0 Å². The molecule has 5 rings (SSSR count). The molecule has 1 saturated heterocycles. The molecule has 0 amide bonds. The Labute approximate surface area is 212 Å². The van der Waals surface area contributed by atoms with Crippen LogP contribution in [-0.4, -0.2) is 24.5 Å². The minimum absolute atomic E-state index is 0.00887. The molecule has 1 N–H and O–H groups in total. The summed E-state index contributed by atoms with van der Waals surface area (Å²) in [4.78, 5) is 11.5. The van der Waals surface area contributed by atoms with Gasteiger partial charge in [0.15, 0.2) is 5.11 Å². The third-order valence-electron chi connectivity index (χ3n) is 6.90. The number of aryl methyl sites for hydroxylation is 4. The molecule has 2 atom stereocenters. The summed E-state index contributed by atoms with van der Waals surface area (Å²) in [7, 11) is 0. The summed E-state index contributed by atoms with van der Waals surface area (Å²) in [6.45, 7) is 11.6. The number of pyridine rings is 2. The van der Waals surface area contributed by atoms with Crippen molar-refractivity contribution in [2.24, 2.45) is 0 Å². The molecule has 0 saturated carbocycles. The van der Waals surface area contributed by atoms with E-state index < -0.39 is 0 Å². The fourth-order valence-electron chi connectivity index (χ4n) is 5.54. The van der Waals surface area contributed by atoms with Crippen molar-refractivity contribution >= 4 is 17.3 Å². The number of benzene rings is 1. The molecule has 1 aliphatic heterocycles. The highest BCUT2D eigenvalue weighted by molar-refractivity contribution is 7.80. The molecular weight excluding hydrogens is 450 g/mol. The standard InChI is InChI=1S/C29H31N5S/c1-18-14-19(2)27(20(3)15-18)34-21(4)16-24(22(34)5)28-26(25-11-7-9-13-31-25)32-29(35)33(28)17-23-10-6-8-12-30-23/h6-16,26,28H,17H2,1-5H3,(H,32,35). The zero-order chi connectivity index (χ0) is 24.7. The summed E-state index contributed by atoms with van der Waals surface area (Å²) in [6, 6.07) is 18.9. The second-order valence-corrected chi connectivity index (χ2v) is 9.87. The molecule has 178 valence electrons. The molecule has 4 aromatic rings. The normalized spacial score (nSPS) is 17.6. The average molecular weight is 482 g/mol. The van der Waals surface area contributed by atoms with Crippen molar-refractivity contribution in [3.8, 4) is 5.69 Å². The molecule has 0 aliphatic carbocycles. The number of thiocarbonyl (C=S) groups is 1. The summed E-state index contributed by atoms with van der Waals surface area (Å²) in [5.74, 6) is 0. The van der Waals surface area contributed by atoms with Gasteiger partial charge in [0.1, 0.15) is 0 Å². The smallest absolute Gasteiger partial charge is 0.170 e. The van der Waals surface area contributed by atoms with Crippen molar-refractivity contribution in [2.45, 2.75) is 53.2 Å². The van der Waals surface area contributed by atoms with Gasteiger partial charge < -0.3 is 14.8 Å². The largest absolute Gasteiger partial charge is 0.352 e. The Morgan fingerprint density at radius 2 is 1.57 bits per heavy atom. The van der Waals surface area contributed by atoms with Crippen LogP contribution in [-0.2, 0) is 6.54 Å². The van der Waals surface area contributed by atoms with Gasteiger partial charge in [0.05, 0.1) is 35.7 Å². The van der Waals surface area contributed by atoms with Gasteiger partial charge >= 0.3 is 0 Å². The maximum atomic E-state index is 5.88. The Morgan fingerprint density at radius 3 is 2.20 bits per heavy atom. The number of rotatable bonds is 5. The summed E-state index contributed by atoms with van der Waals surface area (Å²) in [6.07, 6.45) is 3.68. The monoisotopic (exact) mass is 481 g/mol. The zero-order valence-corrected chi connectivity index (χ0v) is 21.7. The molecule has 0 bridgehead atoms. The molecule has 2 unspecified atom stereocenters. The van der Waals surface area contributed by atoms with Gasteiger partial charge in [-0.15, -0.1) is 0 Å². The fraction of sp³-hybridized carbons (Fsp3) is 0.276. The Kier molecular flexibility index (Phi) is 6.15. The lowest BCUT2D eigenvalue weighted by atomic mass is 9.96. The molecule has 0 radical (unpaired) electrons. The van der Waals surface area contributed by atoms with Gasteiger partial charge in [0.25, 0.3) is 0 Å². The molecule has 0 spiro atoms. The van der Waals surface area contributed by atoms with Crippen LogP contribution in [0.3, 0.4) is 0 Å². The van der Waals surface area contributed by atoms with E-state index in [0.717, 1.165) is 16.5 Å². The van der Waals surface area contributed by atoms with E-state index in [4.69, 9.17) is 17.2 Å². The van der Waals surface area contributed by atoms with Crippen molar-refractivity contribution < 1.29 is 0 Å². The van der Waals surface area contributed by atoms with Crippen LogP contribution < -0.4 is 5.32 Å². The second-order valence-electron chi connectivity index (χ2n) is 9.48. The molecule has 5 nitrogen and oxygen atoms in total. The van der Waals surface area contributed by atoms with Crippen LogP contribution in [0, 0.1) is 34.6 Å². The van der Waals surface area contributed by atoms with Crippen LogP contribution in [0.15, 0.2) is 67.0 Å². The van der Waals surface area contributed by atoms with E-state index in [2.05, 4.69) is 84.7 Å². The molecule has 4 heterocycles. The van der Waals surface area contributed by atoms with Crippen molar-refractivity contribution in [1.29, 1.82) is 0 Å². The van der Waals surface area contributed by atoms with Gasteiger partial charge in [-0.05, 0) is 93.9 Å². The Morgan fingerprint density at radius 1 is 0.886 bits per heavy atom. The van der Waals surface area contributed by atoms with E-state index in [-0.39, 0.29) is 12.1 Å². The predicted molar refractivity (Wildman–Crippen MR) is 145 cm³/mol. The number of nitrogens with one attached hydrogen (secondary N) is 1. The first-order valence-electron chi connectivity index (χ1n) is 12.0. The maximum Gasteiger partial charge on any atom is 0.170 e. The van der Waals surface area contributed by atoms with Crippen LogP contribution in [0.1, 0.15) is 57.1 Å². The third kappa shape index (κ3) is 4.23. The highest BCUT2D eigenvalue weighted by Crippen LogP contribution is 2.42. The number of aromatic nitrogens is 3. The number of nitrogens with zero attached hydrogens (tertiary/aromatic N) is 4. The molecule has 1 fully saturated rings. The van der Waals surface area contributed by atoms with E-state index in [9.17, 15) is 0 Å². The third-order valence-corrected chi connectivity index (χ3v) is 7.26. The van der Waals surface area contributed by atoms with Crippen LogP contribution >= 0.6 is 12.2 Å². The van der Waals surface area contributed by atoms with E-state index in [0.29, 0.717) is 6.54 Å². The van der Waals surface area contributed by atoms with Crippen LogP contribution in [0.4, 0.5) is 0 Å². The molecule has 1 aromatic carbocycles. The van der Waals surface area contributed by atoms with Crippen LogP contribution in [0.25, 0.3) is 5.69 Å². The highest BCUT2D eigenvalue weighted by atomic mass is 32.1. The lowest BCUT2D eigenvalue weighted by Gasteiger charge is -2.28. The Hall–Kier alpha value is -3.51. The summed E-state index contributed by atoms with van der Waals surface area (Å²) < 4.78 is 2.40. The van der Waals surface area contributed by atoms with Gasteiger partial charge in [-0.3, -0.25) is 9.97 Å². The Bertz CT molecular complexity index is 1350. The summed E-state index contributed by atoms with van der Waals surface area (Å²) in [5, 5.41) is 4.30. The minimum atomic E-state index is -0.0541. The van der Waals surface area contributed by atoms with Crippen molar-refractivity contribution in [3.05, 3.63) is 112 Å². The van der Waals surface area contributed by atoms with Crippen molar-refractivity contribution in [3.63, 3.8) is 0 Å². The lowest BCUT2D eigenvalue weighted by molar-refractivity contribution is 0.307. The fourth-order valence-corrected chi connectivity index (χ4v) is 5.84. The maximum absolute atomic E-state index is 5.88. The SMILES string of the molecule is Cc1cc(C)c(-n2c(C)cc(C3C(c4ccccn4)NC(=S)N3Cc3ccccn3)c2C)c(C)c1. The van der Waals surface area contributed by atoms with E-state index in [1.807, 2.05) is 36.7 Å². The summed E-state index contributed by atoms with van der Waals surface area (Å²) in [5.41, 5.74) is 10.8. The zero-order valence-electron chi connectivity index (χ0n) is 20.9. The van der Waals surface area contributed by atoms with Gasteiger partial charge in [-0.1, -0.05) is 29.8 Å². The Balaban J connectivity index is 1.65. The second kappa shape index (κ2) is 9.27. The highest BCUT2D eigenvalue weighted by Gasteiger charge is 2.41. The number of hydrogen-bond acceptors (Lipinski definition) is 3. The van der Waals surface area contributed by atoms with Crippen LogP contribution in [0.5, 0.6) is 0 Å². The van der Waals surface area contributed by atoms with E-state index in [1.54, 1.807) is 0 Å². The topological polar surface area (TPSA) is 46.0 Å². The van der Waals surface area contributed by atoms with Gasteiger partial charge in [0, 0.05) is 23.8 Å². The van der Waals surface area contributed by atoms with Gasteiger partial charge in [-0.25, -0.2) is 0 Å². The quantitative estimate of drug-likeness (QED) is 0.355. The van der Waals surface area contributed by atoms with Crippen molar-refractivity contribution in [1.82, 2.24) is 24.8 Å². The van der Waals surface area contributed by atoms with Crippen LogP contribution in [0.2, 0.25) is 0 Å². The number of hydrogen-bond donors (Lipinski definition) is 1. The molecule has 6 heteroatoms. The first-order valence-corrected chi connectivity index (χ1v) is 12.4. The molecule has 35 heavy (non-hydrogen) atoms. The molecule has 3 aromatic heterocycles. The first kappa shape index (κ1) is 23.2. The summed E-state index contributed by atoms with van der Waals surface area (Å²) >= 11 is 5.88.